The highest BCUT2D eigenvalue weighted by molar-refractivity contribution is 5.70. The zero-order chi connectivity index (χ0) is 46.3. The first kappa shape index (κ1) is 62.1. The van der Waals surface area contributed by atoms with Crippen molar-refractivity contribution in [2.75, 3.05) is 19.8 Å². The number of ether oxygens (including phenoxy) is 3. The van der Waals surface area contributed by atoms with Crippen LogP contribution in [-0.2, 0) is 23.8 Å². The van der Waals surface area contributed by atoms with E-state index in [4.69, 9.17) is 14.2 Å². The van der Waals surface area contributed by atoms with Crippen LogP contribution >= 0.6 is 0 Å². The average molecular weight is 900 g/mol. The Morgan fingerprint density at radius 1 is 0.344 bits per heavy atom. The van der Waals surface area contributed by atoms with Crippen molar-refractivity contribution in [3.8, 4) is 0 Å². The Morgan fingerprint density at radius 2 is 0.672 bits per heavy atom. The summed E-state index contributed by atoms with van der Waals surface area (Å²) in [5.74, 6) is -0.438. The van der Waals surface area contributed by atoms with Gasteiger partial charge < -0.3 is 14.2 Å². The number of esters is 2. The van der Waals surface area contributed by atoms with Gasteiger partial charge >= 0.3 is 11.9 Å². The lowest BCUT2D eigenvalue weighted by Gasteiger charge is -2.18. The van der Waals surface area contributed by atoms with Gasteiger partial charge in [0.2, 0.25) is 0 Å². The standard InChI is InChI=1S/C59H110O5/c1-4-7-10-13-16-19-22-25-28-30-32-35-38-41-44-47-50-53-59(61)64-57(55-62-54-51-48-45-42-39-36-33-29-26-23-20-17-14-11-8-5-2)56-63-58(60)52-49-46-43-40-37-34-31-27-24-21-18-15-12-9-6-3/h25,28,32,35,41,44,57H,4-24,26-27,29-31,33-34,36-40,42-43,45-56H2,1-3H3/b28-25-,35-32-,44-41-/t57-/m1/s1. The van der Waals surface area contributed by atoms with Crippen LogP contribution in [0.4, 0.5) is 0 Å². The third-order valence-electron chi connectivity index (χ3n) is 12.7. The van der Waals surface area contributed by atoms with Gasteiger partial charge in [-0.05, 0) is 51.4 Å². The van der Waals surface area contributed by atoms with E-state index in [1.807, 2.05) is 0 Å². The molecule has 376 valence electrons. The van der Waals surface area contributed by atoms with Gasteiger partial charge in [-0.3, -0.25) is 9.59 Å². The van der Waals surface area contributed by atoms with E-state index in [9.17, 15) is 9.59 Å². The lowest BCUT2D eigenvalue weighted by atomic mass is 10.0. The molecule has 0 saturated carbocycles. The third-order valence-corrected chi connectivity index (χ3v) is 12.7. The summed E-state index contributed by atoms with van der Waals surface area (Å²) >= 11 is 0. The van der Waals surface area contributed by atoms with E-state index in [1.165, 1.54) is 218 Å². The van der Waals surface area contributed by atoms with Gasteiger partial charge in [-0.1, -0.05) is 276 Å². The maximum absolute atomic E-state index is 12.8. The van der Waals surface area contributed by atoms with Gasteiger partial charge in [0.15, 0.2) is 6.10 Å². The summed E-state index contributed by atoms with van der Waals surface area (Å²) < 4.78 is 17.4. The second-order valence-electron chi connectivity index (χ2n) is 19.2. The molecule has 0 unspecified atom stereocenters. The summed E-state index contributed by atoms with van der Waals surface area (Å²) in [7, 11) is 0. The summed E-state index contributed by atoms with van der Waals surface area (Å²) in [5, 5.41) is 0. The Kier molecular flexibility index (Phi) is 53.8. The molecule has 0 N–H and O–H groups in total. The number of hydrogen-bond donors (Lipinski definition) is 0. The Morgan fingerprint density at radius 3 is 1.09 bits per heavy atom. The van der Waals surface area contributed by atoms with Crippen LogP contribution in [-0.4, -0.2) is 37.9 Å². The molecule has 0 aliphatic carbocycles. The zero-order valence-electron chi connectivity index (χ0n) is 43.3. The molecule has 64 heavy (non-hydrogen) atoms. The molecule has 0 aliphatic heterocycles. The second-order valence-corrected chi connectivity index (χ2v) is 19.2. The Labute approximate surface area is 400 Å². The first-order valence-electron chi connectivity index (χ1n) is 28.5. The highest BCUT2D eigenvalue weighted by Gasteiger charge is 2.17. The fourth-order valence-corrected chi connectivity index (χ4v) is 8.41. The van der Waals surface area contributed by atoms with E-state index in [0.717, 1.165) is 51.4 Å². The zero-order valence-corrected chi connectivity index (χ0v) is 43.3. The predicted octanol–water partition coefficient (Wildman–Crippen LogP) is 19.4. The minimum Gasteiger partial charge on any atom is -0.462 e. The Bertz CT molecular complexity index is 1020. The molecule has 0 heterocycles. The van der Waals surface area contributed by atoms with Gasteiger partial charge in [0.1, 0.15) is 6.61 Å². The van der Waals surface area contributed by atoms with Gasteiger partial charge in [0, 0.05) is 19.4 Å². The van der Waals surface area contributed by atoms with Crippen LogP contribution in [0, 0.1) is 0 Å². The molecule has 0 fully saturated rings. The molecule has 5 heteroatoms. The van der Waals surface area contributed by atoms with Crippen LogP contribution in [0.15, 0.2) is 36.5 Å². The monoisotopic (exact) mass is 899 g/mol. The molecule has 0 bridgehead atoms. The summed E-state index contributed by atoms with van der Waals surface area (Å²) in [4.78, 5) is 25.5. The van der Waals surface area contributed by atoms with Gasteiger partial charge in [-0.15, -0.1) is 0 Å². The van der Waals surface area contributed by atoms with E-state index >= 15 is 0 Å². The summed E-state index contributed by atoms with van der Waals surface area (Å²) in [5.41, 5.74) is 0. The number of allylic oxidation sites excluding steroid dienone is 6. The predicted molar refractivity (Wildman–Crippen MR) is 279 cm³/mol. The fraction of sp³-hybridized carbons (Fsp3) is 0.864. The van der Waals surface area contributed by atoms with Gasteiger partial charge in [-0.2, -0.15) is 0 Å². The lowest BCUT2D eigenvalue weighted by Crippen LogP contribution is -2.30. The SMILES string of the molecule is CCCCCCCC/C=C\C/C=C\C/C=C\CCCC(=O)O[C@H](COCCCCCCCCCCCCCCCCCC)COC(=O)CCCCCCCCCCCCCCCCC. The minimum absolute atomic E-state index is 0.0722. The Hall–Kier alpha value is -1.88. The van der Waals surface area contributed by atoms with E-state index in [-0.39, 0.29) is 25.2 Å². The number of carbonyl (C=O) groups is 2. The molecular formula is C59H110O5. The number of carbonyl (C=O) groups excluding carboxylic acids is 2. The molecule has 0 amide bonds. The van der Waals surface area contributed by atoms with Crippen molar-refractivity contribution in [3.05, 3.63) is 36.5 Å². The third kappa shape index (κ3) is 52.7. The molecule has 5 nitrogen and oxygen atoms in total. The molecule has 0 radical (unpaired) electrons. The quantitative estimate of drug-likeness (QED) is 0.0346. The van der Waals surface area contributed by atoms with Crippen molar-refractivity contribution < 1.29 is 23.8 Å². The van der Waals surface area contributed by atoms with Gasteiger partial charge in [0.25, 0.3) is 0 Å². The molecule has 0 saturated heterocycles. The number of rotatable bonds is 53. The number of unbranched alkanes of at least 4 members (excludes halogenated alkanes) is 36. The maximum atomic E-state index is 12.8. The van der Waals surface area contributed by atoms with Gasteiger partial charge in [-0.25, -0.2) is 0 Å². The summed E-state index contributed by atoms with van der Waals surface area (Å²) in [6.45, 7) is 7.83. The van der Waals surface area contributed by atoms with Crippen LogP contribution in [0.2, 0.25) is 0 Å². The fourth-order valence-electron chi connectivity index (χ4n) is 8.41. The molecule has 1 atom stereocenters. The van der Waals surface area contributed by atoms with Gasteiger partial charge in [0.05, 0.1) is 6.61 Å². The molecule has 0 aromatic heterocycles. The van der Waals surface area contributed by atoms with Crippen LogP contribution in [0.1, 0.15) is 303 Å². The van der Waals surface area contributed by atoms with Crippen molar-refractivity contribution >= 4 is 11.9 Å². The smallest absolute Gasteiger partial charge is 0.306 e. The molecular weight excluding hydrogens is 789 g/mol. The molecule has 0 aliphatic rings. The largest absolute Gasteiger partial charge is 0.462 e. The van der Waals surface area contributed by atoms with E-state index in [0.29, 0.717) is 19.4 Å². The van der Waals surface area contributed by atoms with Crippen molar-refractivity contribution in [3.63, 3.8) is 0 Å². The topological polar surface area (TPSA) is 61.8 Å². The summed E-state index contributed by atoms with van der Waals surface area (Å²) in [6.07, 6.45) is 67.4. The first-order chi connectivity index (χ1) is 31.6. The van der Waals surface area contributed by atoms with E-state index in [2.05, 4.69) is 57.2 Å². The molecule has 0 rings (SSSR count). The molecule has 0 aromatic rings. The first-order valence-corrected chi connectivity index (χ1v) is 28.5. The maximum Gasteiger partial charge on any atom is 0.306 e. The second kappa shape index (κ2) is 55.4. The van der Waals surface area contributed by atoms with Crippen LogP contribution < -0.4 is 0 Å². The van der Waals surface area contributed by atoms with E-state index in [1.54, 1.807) is 0 Å². The van der Waals surface area contributed by atoms with Crippen LogP contribution in [0.3, 0.4) is 0 Å². The minimum atomic E-state index is -0.556. The molecule has 0 aromatic carbocycles. The summed E-state index contributed by atoms with van der Waals surface area (Å²) in [6, 6.07) is 0. The highest BCUT2D eigenvalue weighted by Crippen LogP contribution is 2.16. The van der Waals surface area contributed by atoms with Crippen molar-refractivity contribution in [1.82, 2.24) is 0 Å². The van der Waals surface area contributed by atoms with Crippen molar-refractivity contribution in [2.24, 2.45) is 0 Å². The van der Waals surface area contributed by atoms with Crippen molar-refractivity contribution in [1.29, 1.82) is 0 Å². The van der Waals surface area contributed by atoms with E-state index < -0.39 is 6.10 Å². The van der Waals surface area contributed by atoms with Crippen LogP contribution in [0.5, 0.6) is 0 Å². The van der Waals surface area contributed by atoms with Crippen molar-refractivity contribution in [2.45, 2.75) is 309 Å². The lowest BCUT2D eigenvalue weighted by molar-refractivity contribution is -0.162. The highest BCUT2D eigenvalue weighted by atomic mass is 16.6. The normalized spacial score (nSPS) is 12.4. The molecule has 0 spiro atoms. The van der Waals surface area contributed by atoms with Crippen LogP contribution in [0.25, 0.3) is 0 Å². The Balaban J connectivity index is 4.30. The average Bonchev–Trinajstić information content (AvgIpc) is 3.30. The number of hydrogen-bond acceptors (Lipinski definition) is 5.